The summed E-state index contributed by atoms with van der Waals surface area (Å²) in [6, 6.07) is 8.40. The Morgan fingerprint density at radius 2 is 2.00 bits per heavy atom. The molecule has 1 fully saturated rings. The Hall–Kier alpha value is -3.09. The van der Waals surface area contributed by atoms with Crippen molar-refractivity contribution in [2.24, 2.45) is 11.7 Å². The standard InChI is InChI=1S/C23H29N5O2/c1-2-19(29)27-11-5-6-15(13-27)14-28-22(24)20(23(25)30)21(26-28)18-10-9-16-7-3-4-8-17(16)12-18/h2-4,7-8,15,18H,1,5-6,9-14,24H2,(H2,25,30)/t15-,18?/m1/s1. The average Bonchev–Trinajstić information content (AvgIpc) is 3.09. The number of aryl methyl sites for hydroxylation is 1. The van der Waals surface area contributed by atoms with E-state index in [1.807, 2.05) is 11.0 Å². The van der Waals surface area contributed by atoms with Crippen molar-refractivity contribution in [3.8, 4) is 0 Å². The zero-order chi connectivity index (χ0) is 21.3. The fourth-order valence-electron chi connectivity index (χ4n) is 4.89. The van der Waals surface area contributed by atoms with Gasteiger partial charge in [-0.2, -0.15) is 5.10 Å². The molecule has 7 nitrogen and oxygen atoms in total. The molecule has 2 amide bonds. The van der Waals surface area contributed by atoms with Gasteiger partial charge in [-0.1, -0.05) is 30.8 Å². The normalized spacial score (nSPS) is 21.1. The molecule has 2 heterocycles. The number of likely N-dealkylation sites (tertiary alicyclic amines) is 1. The molecule has 0 saturated carbocycles. The molecule has 4 rings (SSSR count). The molecule has 1 aromatic heterocycles. The van der Waals surface area contributed by atoms with Gasteiger partial charge in [-0.05, 0) is 55.2 Å². The van der Waals surface area contributed by atoms with Crippen LogP contribution in [0.4, 0.5) is 5.82 Å². The minimum atomic E-state index is -0.528. The Morgan fingerprint density at radius 1 is 1.23 bits per heavy atom. The first-order valence-corrected chi connectivity index (χ1v) is 10.6. The average molecular weight is 408 g/mol. The molecule has 1 aromatic carbocycles. The third-order valence-electron chi connectivity index (χ3n) is 6.44. The number of rotatable bonds is 5. The third kappa shape index (κ3) is 3.84. The summed E-state index contributed by atoms with van der Waals surface area (Å²) in [7, 11) is 0. The topological polar surface area (TPSA) is 107 Å². The van der Waals surface area contributed by atoms with E-state index in [1.165, 1.54) is 17.2 Å². The van der Waals surface area contributed by atoms with Crippen LogP contribution in [0.2, 0.25) is 0 Å². The molecule has 30 heavy (non-hydrogen) atoms. The number of nitrogens with zero attached hydrogens (tertiary/aromatic N) is 3. The minimum absolute atomic E-state index is 0.0486. The highest BCUT2D eigenvalue weighted by molar-refractivity contribution is 5.98. The van der Waals surface area contributed by atoms with Crippen molar-refractivity contribution >= 4 is 17.6 Å². The van der Waals surface area contributed by atoms with Gasteiger partial charge in [0.15, 0.2) is 0 Å². The van der Waals surface area contributed by atoms with Crippen LogP contribution < -0.4 is 11.5 Å². The summed E-state index contributed by atoms with van der Waals surface area (Å²) >= 11 is 0. The van der Waals surface area contributed by atoms with E-state index in [1.54, 1.807) is 4.68 Å². The fourth-order valence-corrected chi connectivity index (χ4v) is 4.89. The van der Waals surface area contributed by atoms with Crippen LogP contribution in [-0.4, -0.2) is 39.6 Å². The lowest BCUT2D eigenvalue weighted by Crippen LogP contribution is -2.40. The summed E-state index contributed by atoms with van der Waals surface area (Å²) < 4.78 is 1.72. The van der Waals surface area contributed by atoms with E-state index in [2.05, 4.69) is 24.8 Å². The number of carbonyl (C=O) groups is 2. The van der Waals surface area contributed by atoms with E-state index in [0.717, 1.165) is 38.6 Å². The second-order valence-corrected chi connectivity index (χ2v) is 8.40. The van der Waals surface area contributed by atoms with Crippen LogP contribution in [0.1, 0.15) is 52.4 Å². The molecule has 1 unspecified atom stereocenters. The van der Waals surface area contributed by atoms with Crippen molar-refractivity contribution in [2.45, 2.75) is 44.6 Å². The number of piperidine rings is 1. The molecular formula is C23H29N5O2. The predicted octanol–water partition coefficient (Wildman–Crippen LogP) is 2.26. The number of hydrogen-bond acceptors (Lipinski definition) is 4. The molecule has 1 aliphatic carbocycles. The molecular weight excluding hydrogens is 378 g/mol. The molecule has 2 atom stereocenters. The van der Waals surface area contributed by atoms with Crippen molar-refractivity contribution in [3.63, 3.8) is 0 Å². The van der Waals surface area contributed by atoms with Crippen molar-refractivity contribution in [1.29, 1.82) is 0 Å². The summed E-state index contributed by atoms with van der Waals surface area (Å²) in [5.74, 6) is 0.109. The summed E-state index contributed by atoms with van der Waals surface area (Å²) in [5.41, 5.74) is 15.8. The molecule has 2 aliphatic rings. The lowest BCUT2D eigenvalue weighted by Gasteiger charge is -2.32. The highest BCUT2D eigenvalue weighted by Gasteiger charge is 2.31. The van der Waals surface area contributed by atoms with Crippen molar-refractivity contribution in [1.82, 2.24) is 14.7 Å². The highest BCUT2D eigenvalue weighted by atomic mass is 16.2. The monoisotopic (exact) mass is 407 g/mol. The number of primary amides is 1. The number of nitrogen functional groups attached to an aromatic ring is 1. The number of benzene rings is 1. The lowest BCUT2D eigenvalue weighted by atomic mass is 9.81. The number of nitrogens with two attached hydrogens (primary N) is 2. The van der Waals surface area contributed by atoms with Crippen LogP contribution in [0.25, 0.3) is 0 Å². The van der Waals surface area contributed by atoms with E-state index in [0.29, 0.717) is 30.2 Å². The number of aromatic nitrogens is 2. The maximum absolute atomic E-state index is 12.2. The van der Waals surface area contributed by atoms with Gasteiger partial charge in [-0.15, -0.1) is 0 Å². The molecule has 2 aromatic rings. The summed E-state index contributed by atoms with van der Waals surface area (Å²) in [5, 5.41) is 4.78. The number of hydrogen-bond donors (Lipinski definition) is 2. The molecule has 0 radical (unpaired) electrons. The molecule has 0 bridgehead atoms. The SMILES string of the molecule is C=CC(=O)N1CCC[C@@H](Cn2nc(C3CCc4ccccc4C3)c(C(N)=O)c2N)C1. The second-order valence-electron chi connectivity index (χ2n) is 8.40. The van der Waals surface area contributed by atoms with Gasteiger partial charge >= 0.3 is 0 Å². The highest BCUT2D eigenvalue weighted by Crippen LogP contribution is 2.35. The van der Waals surface area contributed by atoms with Gasteiger partial charge in [0.2, 0.25) is 5.91 Å². The number of anilines is 1. The number of carbonyl (C=O) groups excluding carboxylic acids is 2. The van der Waals surface area contributed by atoms with E-state index in [-0.39, 0.29) is 17.7 Å². The molecule has 158 valence electrons. The van der Waals surface area contributed by atoms with Gasteiger partial charge in [-0.25, -0.2) is 4.68 Å². The lowest BCUT2D eigenvalue weighted by molar-refractivity contribution is -0.127. The Bertz CT molecular complexity index is 980. The van der Waals surface area contributed by atoms with Gasteiger partial charge in [-0.3, -0.25) is 9.59 Å². The quantitative estimate of drug-likeness (QED) is 0.741. The van der Waals surface area contributed by atoms with Crippen LogP contribution in [0.3, 0.4) is 0 Å². The van der Waals surface area contributed by atoms with Crippen LogP contribution in [-0.2, 0) is 24.2 Å². The van der Waals surface area contributed by atoms with Crippen LogP contribution in [0, 0.1) is 5.92 Å². The molecule has 1 saturated heterocycles. The first-order valence-electron chi connectivity index (χ1n) is 10.6. The zero-order valence-corrected chi connectivity index (χ0v) is 17.2. The summed E-state index contributed by atoms with van der Waals surface area (Å²) in [6.45, 7) is 5.53. The number of fused-ring (bicyclic) bond motifs is 1. The molecule has 7 heteroatoms. The van der Waals surface area contributed by atoms with Gasteiger partial charge in [0.05, 0.1) is 5.69 Å². The Kier molecular flexibility index (Phi) is 5.61. The maximum atomic E-state index is 12.2. The first kappa shape index (κ1) is 20.2. The number of amides is 2. The van der Waals surface area contributed by atoms with Crippen molar-refractivity contribution in [2.75, 3.05) is 18.8 Å². The van der Waals surface area contributed by atoms with Gasteiger partial charge in [0.25, 0.3) is 5.91 Å². The smallest absolute Gasteiger partial charge is 0.254 e. The summed E-state index contributed by atoms with van der Waals surface area (Å²) in [6.07, 6.45) is 5.97. The maximum Gasteiger partial charge on any atom is 0.254 e. The first-order chi connectivity index (χ1) is 14.5. The van der Waals surface area contributed by atoms with Crippen LogP contribution in [0.15, 0.2) is 36.9 Å². The largest absolute Gasteiger partial charge is 0.383 e. The Balaban J connectivity index is 1.58. The molecule has 4 N–H and O–H groups in total. The van der Waals surface area contributed by atoms with Crippen LogP contribution in [0.5, 0.6) is 0 Å². The van der Waals surface area contributed by atoms with E-state index < -0.39 is 5.91 Å². The second kappa shape index (κ2) is 8.34. The van der Waals surface area contributed by atoms with Crippen molar-refractivity contribution < 1.29 is 9.59 Å². The summed E-state index contributed by atoms with van der Waals surface area (Å²) in [4.78, 5) is 26.0. The van der Waals surface area contributed by atoms with E-state index >= 15 is 0 Å². The molecule has 1 aliphatic heterocycles. The minimum Gasteiger partial charge on any atom is -0.383 e. The fraction of sp³-hybridized carbons (Fsp3) is 0.435. The van der Waals surface area contributed by atoms with Gasteiger partial charge in [0.1, 0.15) is 11.4 Å². The molecule has 0 spiro atoms. The van der Waals surface area contributed by atoms with Crippen LogP contribution >= 0.6 is 0 Å². The van der Waals surface area contributed by atoms with Gasteiger partial charge < -0.3 is 16.4 Å². The van der Waals surface area contributed by atoms with E-state index in [4.69, 9.17) is 16.6 Å². The zero-order valence-electron chi connectivity index (χ0n) is 17.2. The Morgan fingerprint density at radius 3 is 2.73 bits per heavy atom. The van der Waals surface area contributed by atoms with Gasteiger partial charge in [0, 0.05) is 25.6 Å². The predicted molar refractivity (Wildman–Crippen MR) is 116 cm³/mol. The Labute approximate surface area is 176 Å². The van der Waals surface area contributed by atoms with E-state index in [9.17, 15) is 9.59 Å². The van der Waals surface area contributed by atoms with Crippen molar-refractivity contribution in [3.05, 3.63) is 59.3 Å². The third-order valence-corrected chi connectivity index (χ3v) is 6.44.